The van der Waals surface area contributed by atoms with Crippen molar-refractivity contribution in [3.8, 4) is 5.75 Å². The Labute approximate surface area is 572 Å². The molecule has 0 bridgehead atoms. The SMILES string of the molecule is CC[C@H](C)[C@H](NC(=O)[C@@H]1CCCN1C(=O)[C@@H]1CCCN1C(=O)[C@@H]1CCCN1C(=O)[C@H](C)NC(=O)[C@@H]1CCCN1C(=O)[C@@H](N)CCCN=C(N)N)C(=O)N[C@@H](CO)C(=O)NCC(=O)NCC(=O)NCC(=O)N[C@@H](Cc1ccc(O)cc1)C(=O)N[C@@H](CCCN=C(N)N)C(=O)N[C@@H](C)C(=O)O. The van der Waals surface area contributed by atoms with Gasteiger partial charge in [-0.05, 0) is 115 Å². The number of carbonyl (C=O) groups is 14. The summed E-state index contributed by atoms with van der Waals surface area (Å²) in [6.45, 7) is 4.15. The highest BCUT2D eigenvalue weighted by atomic mass is 16.4. The summed E-state index contributed by atoms with van der Waals surface area (Å²) >= 11 is 0. The van der Waals surface area contributed by atoms with Gasteiger partial charge in [-0.3, -0.25) is 77.1 Å². The van der Waals surface area contributed by atoms with Gasteiger partial charge in [-0.2, -0.15) is 0 Å². The van der Waals surface area contributed by atoms with Crippen molar-refractivity contribution < 1.29 is 82.4 Å². The van der Waals surface area contributed by atoms with Crippen LogP contribution in [-0.4, -0.2) is 262 Å². The van der Waals surface area contributed by atoms with Crippen LogP contribution in [0.5, 0.6) is 5.75 Å². The van der Waals surface area contributed by atoms with Crippen molar-refractivity contribution in [3.05, 3.63) is 29.8 Å². The van der Waals surface area contributed by atoms with E-state index in [2.05, 4.69) is 57.8 Å². The third-order valence-electron chi connectivity index (χ3n) is 17.6. The van der Waals surface area contributed by atoms with E-state index in [9.17, 15) is 82.4 Å². The van der Waals surface area contributed by atoms with Crippen molar-refractivity contribution in [2.45, 2.75) is 184 Å². The molecule has 548 valence electrons. The molecule has 1 aromatic rings. The maximum absolute atomic E-state index is 14.5. The molecule has 0 aliphatic carbocycles. The molecule has 0 saturated carbocycles. The van der Waals surface area contributed by atoms with E-state index in [4.69, 9.17) is 28.7 Å². The molecule has 37 heteroatoms. The quantitative estimate of drug-likeness (QED) is 0.0169. The van der Waals surface area contributed by atoms with E-state index in [1.54, 1.807) is 13.8 Å². The second kappa shape index (κ2) is 38.9. The molecule has 12 atom stereocenters. The number of aliphatic hydroxyl groups is 1. The molecule has 0 unspecified atom stereocenters. The number of aliphatic carboxylic acids is 1. The third-order valence-corrected chi connectivity index (χ3v) is 17.6. The van der Waals surface area contributed by atoms with E-state index in [1.165, 1.54) is 57.7 Å². The number of nitrogens with two attached hydrogens (primary N) is 5. The Kier molecular flexibility index (Phi) is 31.3. The predicted molar refractivity (Wildman–Crippen MR) is 355 cm³/mol. The van der Waals surface area contributed by atoms with Crippen LogP contribution in [-0.2, 0) is 73.5 Å². The number of benzene rings is 1. The molecule has 0 spiro atoms. The molecule has 4 heterocycles. The van der Waals surface area contributed by atoms with Crippen LogP contribution in [0.15, 0.2) is 34.3 Å². The minimum atomic E-state index is -1.65. The van der Waals surface area contributed by atoms with E-state index in [-0.39, 0.29) is 88.9 Å². The van der Waals surface area contributed by atoms with Crippen molar-refractivity contribution in [2.24, 2.45) is 44.6 Å². The molecular weight excluding hydrogens is 1300 g/mol. The molecule has 37 nitrogen and oxygen atoms in total. The minimum absolute atomic E-state index is 0.0551. The van der Waals surface area contributed by atoms with E-state index >= 15 is 0 Å². The predicted octanol–water partition coefficient (Wildman–Crippen LogP) is -7.25. The van der Waals surface area contributed by atoms with Crippen LogP contribution < -0.4 is 76.5 Å². The molecule has 1 aromatic carbocycles. The first-order valence-electron chi connectivity index (χ1n) is 33.3. The van der Waals surface area contributed by atoms with Crippen LogP contribution in [0.25, 0.3) is 0 Å². The van der Waals surface area contributed by atoms with Gasteiger partial charge in [0.15, 0.2) is 11.9 Å². The Balaban J connectivity index is 1.10. The van der Waals surface area contributed by atoms with Gasteiger partial charge in [0.25, 0.3) is 0 Å². The monoisotopic (exact) mass is 1390 g/mol. The van der Waals surface area contributed by atoms with Gasteiger partial charge in [-0.1, -0.05) is 32.4 Å². The summed E-state index contributed by atoms with van der Waals surface area (Å²) in [5.41, 5.74) is 28.2. The van der Waals surface area contributed by atoms with Gasteiger partial charge < -0.3 is 111 Å². The first kappa shape index (κ1) is 79.7. The maximum Gasteiger partial charge on any atom is 0.325 e. The zero-order valence-corrected chi connectivity index (χ0v) is 56.3. The van der Waals surface area contributed by atoms with Gasteiger partial charge in [0.05, 0.1) is 32.3 Å². The normalized spacial score (nSPS) is 19.6. The smallest absolute Gasteiger partial charge is 0.325 e. The number of likely N-dealkylation sites (tertiary alicyclic amines) is 4. The number of nitrogens with zero attached hydrogens (tertiary/aromatic N) is 6. The molecule has 13 amide bonds. The Morgan fingerprint density at radius 3 is 1.54 bits per heavy atom. The highest BCUT2D eigenvalue weighted by Gasteiger charge is 2.47. The van der Waals surface area contributed by atoms with Crippen molar-refractivity contribution in [3.63, 3.8) is 0 Å². The number of guanidine groups is 2. The zero-order chi connectivity index (χ0) is 73.2. The van der Waals surface area contributed by atoms with Crippen LogP contribution in [0.3, 0.4) is 0 Å². The van der Waals surface area contributed by atoms with Gasteiger partial charge in [-0.25, -0.2) is 0 Å². The summed E-state index contributed by atoms with van der Waals surface area (Å²) in [5.74, 6) is -11.8. The van der Waals surface area contributed by atoms with E-state index in [0.29, 0.717) is 63.5 Å². The Hall–Kier alpha value is -9.94. The van der Waals surface area contributed by atoms with Gasteiger partial charge in [0.1, 0.15) is 66.2 Å². The molecule has 4 aliphatic heterocycles. The lowest BCUT2D eigenvalue weighted by atomic mass is 9.97. The zero-order valence-electron chi connectivity index (χ0n) is 56.3. The standard InChI is InChI=1S/C62H98N20O17/c1-5-33(2)49(78-54(92)43-15-9-25-80(43)58(96)45-17-11-27-82(45)59(97)44-16-10-26-81(44)56(94)34(3)73-53(91)42-14-8-24-79(42)57(95)38(63)12-6-22-68-61(64)65)55(93)77-41(32-83)50(88)72-30-47(86)70-29-46(85)71-31-48(87)75-40(28-36-18-20-37(84)21-19-36)52(90)76-39(13-7-23-69-62(66)67)51(89)74-35(4)60(98)99/h18-21,33-35,38-45,49,83-84H,5-17,22-32,63H2,1-4H3,(H,70,86)(H,71,85)(H,72,88)(H,73,91)(H,74,89)(H,75,87)(H,76,90)(H,77,93)(H,78,92)(H,98,99)(H4,64,65,68)(H4,66,67,69)/t33-,34-,35-,38-,39-,40-,41-,42-,43-,44-,45-,49-/m0/s1. The molecule has 0 aromatic heterocycles. The van der Waals surface area contributed by atoms with E-state index < -0.39 is 181 Å². The number of phenolic OH excluding ortho intramolecular Hbond substituents is 1. The molecule has 22 N–H and O–H groups in total. The lowest BCUT2D eigenvalue weighted by molar-refractivity contribution is -0.151. The summed E-state index contributed by atoms with van der Waals surface area (Å²) in [6.07, 6.45) is 4.00. The highest BCUT2D eigenvalue weighted by Crippen LogP contribution is 2.30. The lowest BCUT2D eigenvalue weighted by Crippen LogP contribution is -2.60. The number of hydrogen-bond acceptors (Lipinski definition) is 19. The fourth-order valence-corrected chi connectivity index (χ4v) is 12.0. The van der Waals surface area contributed by atoms with Gasteiger partial charge >= 0.3 is 5.97 Å². The number of amides is 13. The number of aliphatic imine (C=N–C) groups is 2. The maximum atomic E-state index is 14.5. The fraction of sp³-hybridized carbons (Fsp3) is 0.645. The Morgan fingerprint density at radius 2 is 0.990 bits per heavy atom. The number of phenols is 1. The van der Waals surface area contributed by atoms with Crippen LogP contribution in [0.2, 0.25) is 0 Å². The average molecular weight is 1400 g/mol. The van der Waals surface area contributed by atoms with Crippen molar-refractivity contribution in [2.75, 3.05) is 65.5 Å². The molecule has 0 radical (unpaired) electrons. The van der Waals surface area contributed by atoms with Crippen molar-refractivity contribution >= 4 is 94.7 Å². The highest BCUT2D eigenvalue weighted by molar-refractivity contribution is 6.00. The minimum Gasteiger partial charge on any atom is -0.508 e. The molecular formula is C62H98N20O17. The largest absolute Gasteiger partial charge is 0.508 e. The van der Waals surface area contributed by atoms with Gasteiger partial charge in [-0.15, -0.1) is 0 Å². The molecule has 99 heavy (non-hydrogen) atoms. The number of carboxylic acids is 1. The number of rotatable bonds is 36. The summed E-state index contributed by atoms with van der Waals surface area (Å²) in [7, 11) is 0. The summed E-state index contributed by atoms with van der Waals surface area (Å²) in [4.78, 5) is 202. The fourth-order valence-electron chi connectivity index (χ4n) is 12.0. The number of nitrogens with one attached hydrogen (secondary N) is 9. The van der Waals surface area contributed by atoms with Crippen LogP contribution in [0.4, 0.5) is 0 Å². The first-order valence-corrected chi connectivity index (χ1v) is 33.3. The molecule has 4 fully saturated rings. The number of carbonyl (C=O) groups excluding carboxylic acids is 13. The second-order valence-electron chi connectivity index (χ2n) is 25.0. The Bertz CT molecular complexity index is 3130. The van der Waals surface area contributed by atoms with Crippen LogP contribution in [0, 0.1) is 5.92 Å². The number of hydrogen-bond donors (Lipinski definition) is 17. The number of aliphatic hydroxyl groups excluding tert-OH is 1. The molecule has 4 saturated heterocycles. The van der Waals surface area contributed by atoms with E-state index in [1.807, 2.05) is 0 Å². The number of aromatic hydroxyl groups is 1. The van der Waals surface area contributed by atoms with Crippen molar-refractivity contribution in [1.29, 1.82) is 0 Å². The average Bonchev–Trinajstić information content (AvgIpc) is 1.66. The summed E-state index contributed by atoms with van der Waals surface area (Å²) in [5, 5.41) is 51.3. The van der Waals surface area contributed by atoms with Crippen molar-refractivity contribution in [1.82, 2.24) is 67.5 Å². The Morgan fingerprint density at radius 1 is 0.525 bits per heavy atom. The van der Waals surface area contributed by atoms with Crippen LogP contribution in [0.1, 0.15) is 117 Å². The third kappa shape index (κ3) is 23.9. The summed E-state index contributed by atoms with van der Waals surface area (Å²) < 4.78 is 0. The van der Waals surface area contributed by atoms with Gasteiger partial charge in [0.2, 0.25) is 76.8 Å². The summed E-state index contributed by atoms with van der Waals surface area (Å²) in [6, 6.07) is -7.22. The topological polar surface area (TPSA) is 576 Å². The first-order chi connectivity index (χ1) is 47.0. The van der Waals surface area contributed by atoms with Gasteiger partial charge in [0, 0.05) is 45.7 Å². The van der Waals surface area contributed by atoms with Crippen LogP contribution >= 0.6 is 0 Å². The molecule has 4 aliphatic rings. The number of carboxylic acid groups (broad SMARTS) is 1. The van der Waals surface area contributed by atoms with E-state index in [0.717, 1.165) is 0 Å². The second-order valence-corrected chi connectivity index (χ2v) is 25.0. The molecule has 5 rings (SSSR count). The lowest BCUT2D eigenvalue weighted by Gasteiger charge is -2.35.